The number of anilines is 4. The first-order valence-corrected chi connectivity index (χ1v) is 30.1. The molecule has 1 aliphatic heterocycles. The van der Waals surface area contributed by atoms with Crippen molar-refractivity contribution in [3.63, 3.8) is 0 Å². The van der Waals surface area contributed by atoms with Crippen LogP contribution < -0.4 is 14.5 Å². The SMILES string of the molecule is [2H]C([2H])(c1cc(-n2c3[c-]c(Oc4[c-]c(N5[CH-]N(c6c(-c7ccccc7)cc(C(C)(C)C)cc6-c6ccccc6)c6ccccc65)ccc4)ccc3c3c4sc5cc(C#N)ccc5c4ccc32)ncc1-c1cc(C(C)(C)C)cc(C(C)(C)C)c1)C(C)(C)C.[Pt]. The van der Waals surface area contributed by atoms with Gasteiger partial charge in [-0.3, -0.25) is 0 Å². The number of nitriles is 1. The Morgan fingerprint density at radius 2 is 1.15 bits per heavy atom. The van der Waals surface area contributed by atoms with Crippen molar-refractivity contribution in [1.82, 2.24) is 9.55 Å². The van der Waals surface area contributed by atoms with E-state index in [4.69, 9.17) is 9.72 Å². The molecule has 0 saturated carbocycles. The maximum absolute atomic E-state index is 10.0. The third-order valence-electron chi connectivity index (χ3n) is 16.2. The van der Waals surface area contributed by atoms with Crippen molar-refractivity contribution < 1.29 is 28.5 Å². The molecule has 0 fully saturated rings. The number of hydrogen-bond donors (Lipinski definition) is 0. The molecule has 0 bridgehead atoms. The fourth-order valence-corrected chi connectivity index (χ4v) is 13.1. The van der Waals surface area contributed by atoms with Crippen LogP contribution in [0.2, 0.25) is 0 Å². The minimum absolute atomic E-state index is 0. The number of pyridine rings is 1. The monoisotopic (exact) mass is 1320 g/mol. The molecule has 1 aliphatic rings. The van der Waals surface area contributed by atoms with Crippen molar-refractivity contribution in [2.45, 2.75) is 106 Å². The Morgan fingerprint density at radius 3 is 1.77 bits per heavy atom. The van der Waals surface area contributed by atoms with Gasteiger partial charge in [-0.1, -0.05) is 192 Å². The van der Waals surface area contributed by atoms with E-state index in [2.05, 4.69) is 241 Å². The zero-order valence-corrected chi connectivity index (χ0v) is 53.9. The van der Waals surface area contributed by atoms with Gasteiger partial charge in [0.25, 0.3) is 0 Å². The molecular formula is C78H70N5OPtS-3. The molecule has 9 aromatic carbocycles. The molecule has 0 spiro atoms. The molecule has 0 unspecified atom stereocenters. The topological polar surface area (TPSA) is 57.3 Å². The van der Waals surface area contributed by atoms with Crippen molar-refractivity contribution in [2.75, 3.05) is 9.80 Å². The van der Waals surface area contributed by atoms with Crippen LogP contribution in [0.25, 0.3) is 81.2 Å². The maximum atomic E-state index is 10.0. The van der Waals surface area contributed by atoms with Crippen LogP contribution in [0, 0.1) is 35.5 Å². The molecule has 0 amide bonds. The molecule has 0 aliphatic carbocycles. The van der Waals surface area contributed by atoms with Gasteiger partial charge in [0.2, 0.25) is 0 Å². The molecule has 4 heterocycles. The van der Waals surface area contributed by atoms with Crippen molar-refractivity contribution in [3.8, 4) is 56.8 Å². The average molecular weight is 1320 g/mol. The second-order valence-corrected chi connectivity index (χ2v) is 27.7. The number of para-hydroxylation sites is 2. The van der Waals surface area contributed by atoms with E-state index in [0.29, 0.717) is 28.4 Å². The van der Waals surface area contributed by atoms with Crippen LogP contribution in [0.4, 0.5) is 22.7 Å². The molecular weight excluding hydrogens is 1250 g/mol. The molecule has 86 heavy (non-hydrogen) atoms. The van der Waals surface area contributed by atoms with Crippen molar-refractivity contribution in [2.24, 2.45) is 5.41 Å². The zero-order valence-electron chi connectivity index (χ0n) is 52.8. The Morgan fingerprint density at radius 1 is 0.570 bits per heavy atom. The molecule has 3 aromatic heterocycles. The fraction of sp³-hybridized carbons (Fsp3) is 0.218. The molecule has 0 radical (unpaired) electrons. The summed E-state index contributed by atoms with van der Waals surface area (Å²) < 4.78 is 31.2. The van der Waals surface area contributed by atoms with E-state index in [1.165, 1.54) is 16.7 Å². The number of nitrogens with zero attached hydrogens (tertiary/aromatic N) is 5. The third-order valence-corrected chi connectivity index (χ3v) is 17.4. The minimum Gasteiger partial charge on any atom is -0.509 e. The molecule has 12 aromatic rings. The molecule has 8 heteroatoms. The predicted octanol–water partition coefficient (Wildman–Crippen LogP) is 21.7. The smallest absolute Gasteiger partial charge is 0.135 e. The normalized spacial score (nSPS) is 13.5. The summed E-state index contributed by atoms with van der Waals surface area (Å²) >= 11 is 1.67. The Labute approximate surface area is 528 Å². The van der Waals surface area contributed by atoms with Gasteiger partial charge in [-0.2, -0.15) is 17.4 Å². The molecule has 0 saturated heterocycles. The minimum atomic E-state index is -1.80. The summed E-state index contributed by atoms with van der Waals surface area (Å²) in [6.45, 7) is 28.3. The molecule has 6 nitrogen and oxygen atoms in total. The second kappa shape index (κ2) is 21.9. The van der Waals surface area contributed by atoms with Crippen LogP contribution >= 0.6 is 11.3 Å². The molecule has 0 atom stereocenters. The molecule has 13 rings (SSSR count). The maximum Gasteiger partial charge on any atom is 0.135 e. The summed E-state index contributed by atoms with van der Waals surface area (Å²) in [7, 11) is 0. The number of benzene rings is 9. The first-order valence-electron chi connectivity index (χ1n) is 30.3. The van der Waals surface area contributed by atoms with Crippen LogP contribution in [0.5, 0.6) is 11.5 Å². The summed E-state index contributed by atoms with van der Waals surface area (Å²) in [5.41, 5.74) is 15.3. The standard InChI is InChI=1S/C78H70N5OS.Pt/c1-75(2,3)45-53-39-71(80-47-65(53)52-37-54(76(4,5)6)40-55(38-52)77(7,8)9)83-68-35-34-61-60-32-30-49(46-79)36-70(60)85-74(61)72(68)62-33-31-59(44-69(62)83)84-58-27-21-26-57(43-58)81-48-82(67-29-20-19-28-66(67)81)73-63(50-22-15-13-16-23-50)41-56(78(10,11)12)42-64(73)51-24-17-14-18-25-51;/h13-42,47-48H,45H2,1-12H3;/q-3;/i45D2;. The van der Waals surface area contributed by atoms with Crippen LogP contribution in [-0.2, 0) is 43.7 Å². The Bertz CT molecular complexity index is 4650. The van der Waals surface area contributed by atoms with Gasteiger partial charge in [0.15, 0.2) is 0 Å². The van der Waals surface area contributed by atoms with Gasteiger partial charge >= 0.3 is 0 Å². The van der Waals surface area contributed by atoms with Gasteiger partial charge in [0.05, 0.1) is 11.6 Å². The van der Waals surface area contributed by atoms with Crippen LogP contribution in [0.3, 0.4) is 0 Å². The van der Waals surface area contributed by atoms with E-state index in [1.807, 2.05) is 69.4 Å². The van der Waals surface area contributed by atoms with Gasteiger partial charge in [0, 0.05) is 101 Å². The van der Waals surface area contributed by atoms with Gasteiger partial charge in [-0.05, 0) is 121 Å². The average Bonchev–Trinajstić information content (AvgIpc) is 1.55. The van der Waals surface area contributed by atoms with Gasteiger partial charge in [0.1, 0.15) is 5.82 Å². The largest absolute Gasteiger partial charge is 0.509 e. The van der Waals surface area contributed by atoms with Crippen LogP contribution in [-0.4, -0.2) is 9.55 Å². The number of ether oxygens (including phenoxy) is 1. The number of fused-ring (bicyclic) bond motifs is 8. The van der Waals surface area contributed by atoms with Crippen molar-refractivity contribution >= 4 is 76.1 Å². The van der Waals surface area contributed by atoms with Gasteiger partial charge in [-0.15, -0.1) is 59.4 Å². The fourth-order valence-electron chi connectivity index (χ4n) is 11.8. The first kappa shape index (κ1) is 55.6. The Kier molecular flexibility index (Phi) is 14.2. The van der Waals surface area contributed by atoms with Crippen molar-refractivity contribution in [3.05, 3.63) is 235 Å². The number of thiophene rings is 1. The summed E-state index contributed by atoms with van der Waals surface area (Å²) in [6, 6.07) is 73.4. The van der Waals surface area contributed by atoms with E-state index in [-0.39, 0.29) is 37.3 Å². The second-order valence-electron chi connectivity index (χ2n) is 26.7. The van der Waals surface area contributed by atoms with E-state index in [0.717, 1.165) is 98.1 Å². The van der Waals surface area contributed by atoms with E-state index in [9.17, 15) is 8.00 Å². The Hall–Kier alpha value is -8.27. The summed E-state index contributed by atoms with van der Waals surface area (Å²) in [5, 5.41) is 14.1. The summed E-state index contributed by atoms with van der Waals surface area (Å²) in [4.78, 5) is 9.86. The summed E-state index contributed by atoms with van der Waals surface area (Å²) in [6.07, 6.45) is 0.0762. The molecule has 432 valence electrons. The number of aromatic nitrogens is 2. The van der Waals surface area contributed by atoms with E-state index >= 15 is 0 Å². The van der Waals surface area contributed by atoms with E-state index in [1.54, 1.807) is 11.3 Å². The third kappa shape index (κ3) is 10.8. The van der Waals surface area contributed by atoms with Crippen LogP contribution in [0.1, 0.15) is 114 Å². The predicted molar refractivity (Wildman–Crippen MR) is 357 cm³/mol. The first-order chi connectivity index (χ1) is 41.3. The summed E-state index contributed by atoms with van der Waals surface area (Å²) in [5.74, 6) is 1.55. The number of rotatable bonds is 9. The van der Waals surface area contributed by atoms with Gasteiger partial charge < -0.3 is 19.1 Å². The van der Waals surface area contributed by atoms with E-state index < -0.39 is 11.8 Å². The number of hydrogen-bond acceptors (Lipinski definition) is 6. The van der Waals surface area contributed by atoms with Crippen molar-refractivity contribution in [1.29, 1.82) is 5.26 Å². The molecule has 0 N–H and O–H groups in total. The zero-order chi connectivity index (χ0) is 61.1. The Balaban J connectivity index is 0.00000754. The van der Waals surface area contributed by atoms with Crippen LogP contribution in [0.15, 0.2) is 188 Å². The quantitative estimate of drug-likeness (QED) is 0.135. The van der Waals surface area contributed by atoms with Gasteiger partial charge in [-0.25, -0.2) is 4.98 Å².